The SMILES string of the molecule is O=C(N[C@@H](CO)C(=O)O)OC(Cl)(Cl)CCl. The molecule has 6 nitrogen and oxygen atoms in total. The van der Waals surface area contributed by atoms with Gasteiger partial charge in [0.25, 0.3) is 4.52 Å². The number of amides is 1. The molecule has 0 fully saturated rings. The summed E-state index contributed by atoms with van der Waals surface area (Å²) in [6.07, 6.45) is -1.19. The van der Waals surface area contributed by atoms with Crippen molar-refractivity contribution in [3.05, 3.63) is 0 Å². The first-order valence-electron chi connectivity index (χ1n) is 3.59. The zero-order valence-corrected chi connectivity index (χ0v) is 9.51. The molecule has 0 heterocycles. The van der Waals surface area contributed by atoms with Gasteiger partial charge in [0.1, 0.15) is 0 Å². The standard InChI is InChI=1S/C6H8Cl3NO5/c7-2-6(8,9)15-5(14)10-3(1-11)4(12)13/h3,11H,1-2H2,(H,10,14)(H,12,13)/t3-/m0/s1. The third kappa shape index (κ3) is 5.88. The largest absolute Gasteiger partial charge is 0.480 e. The molecule has 15 heavy (non-hydrogen) atoms. The molecule has 0 rings (SSSR count). The zero-order chi connectivity index (χ0) is 12.1. The van der Waals surface area contributed by atoms with Crippen molar-refractivity contribution in [1.82, 2.24) is 5.32 Å². The quantitative estimate of drug-likeness (QED) is 0.638. The van der Waals surface area contributed by atoms with Crippen molar-refractivity contribution in [3.8, 4) is 0 Å². The molecule has 1 atom stereocenters. The third-order valence-corrected chi connectivity index (χ3v) is 2.24. The number of carboxylic acid groups (broad SMARTS) is 1. The van der Waals surface area contributed by atoms with Crippen molar-refractivity contribution >= 4 is 46.9 Å². The summed E-state index contributed by atoms with van der Waals surface area (Å²) in [6, 6.07) is -1.49. The molecule has 0 aliphatic rings. The predicted octanol–water partition coefficient (Wildman–Crippen LogP) is 0.528. The Bertz CT molecular complexity index is 247. The number of nitrogens with one attached hydrogen (secondary N) is 1. The van der Waals surface area contributed by atoms with Crippen molar-refractivity contribution in [2.45, 2.75) is 10.6 Å². The van der Waals surface area contributed by atoms with Crippen LogP contribution in [0.1, 0.15) is 0 Å². The van der Waals surface area contributed by atoms with Gasteiger partial charge in [0.2, 0.25) is 0 Å². The van der Waals surface area contributed by atoms with Gasteiger partial charge in [-0.25, -0.2) is 9.59 Å². The first-order chi connectivity index (χ1) is 6.82. The topological polar surface area (TPSA) is 95.9 Å². The third-order valence-electron chi connectivity index (χ3n) is 1.17. The fraction of sp³-hybridized carbons (Fsp3) is 0.667. The van der Waals surface area contributed by atoms with Crippen molar-refractivity contribution in [3.63, 3.8) is 0 Å². The minimum Gasteiger partial charge on any atom is -0.480 e. The van der Waals surface area contributed by atoms with E-state index in [1.54, 1.807) is 0 Å². The van der Waals surface area contributed by atoms with E-state index in [1.165, 1.54) is 0 Å². The van der Waals surface area contributed by atoms with Gasteiger partial charge in [0.05, 0.1) is 12.5 Å². The van der Waals surface area contributed by atoms with Crippen molar-refractivity contribution < 1.29 is 24.5 Å². The van der Waals surface area contributed by atoms with Gasteiger partial charge in [-0.2, -0.15) is 0 Å². The maximum Gasteiger partial charge on any atom is 0.410 e. The van der Waals surface area contributed by atoms with E-state index >= 15 is 0 Å². The summed E-state index contributed by atoms with van der Waals surface area (Å²) >= 11 is 16.0. The van der Waals surface area contributed by atoms with Gasteiger partial charge in [-0.1, -0.05) is 23.2 Å². The molecule has 0 bridgehead atoms. The number of aliphatic hydroxyl groups excluding tert-OH is 1. The summed E-state index contributed by atoms with van der Waals surface area (Å²) in [4.78, 5) is 21.3. The van der Waals surface area contributed by atoms with Crippen LogP contribution in [0.15, 0.2) is 0 Å². The number of aliphatic carboxylic acids is 1. The number of rotatable bonds is 5. The van der Waals surface area contributed by atoms with Crippen LogP contribution in [0.3, 0.4) is 0 Å². The molecule has 0 aromatic heterocycles. The zero-order valence-electron chi connectivity index (χ0n) is 7.24. The Morgan fingerprint density at radius 3 is 2.33 bits per heavy atom. The number of carbonyl (C=O) groups is 2. The number of carbonyl (C=O) groups excluding carboxylic acids is 1. The van der Waals surface area contributed by atoms with E-state index in [0.29, 0.717) is 0 Å². The van der Waals surface area contributed by atoms with E-state index in [9.17, 15) is 9.59 Å². The Hall–Kier alpha value is -0.430. The molecule has 3 N–H and O–H groups in total. The van der Waals surface area contributed by atoms with E-state index in [-0.39, 0.29) is 5.88 Å². The minimum absolute atomic E-state index is 0.388. The average molecular weight is 280 g/mol. The number of alkyl carbamates (subject to hydrolysis) is 1. The van der Waals surface area contributed by atoms with Gasteiger partial charge in [-0.15, -0.1) is 11.6 Å². The number of hydrogen-bond acceptors (Lipinski definition) is 4. The van der Waals surface area contributed by atoms with E-state index in [2.05, 4.69) is 4.74 Å². The Morgan fingerprint density at radius 2 is 2.00 bits per heavy atom. The Balaban J connectivity index is 4.19. The molecule has 0 aliphatic carbocycles. The average Bonchev–Trinajstić information content (AvgIpc) is 2.13. The molecule has 0 saturated heterocycles. The first-order valence-corrected chi connectivity index (χ1v) is 4.88. The van der Waals surface area contributed by atoms with Gasteiger partial charge in [-0.05, 0) is 0 Å². The summed E-state index contributed by atoms with van der Waals surface area (Å²) in [5.41, 5.74) is 0. The lowest BCUT2D eigenvalue weighted by molar-refractivity contribution is -0.140. The van der Waals surface area contributed by atoms with Crippen LogP contribution in [-0.4, -0.2) is 45.3 Å². The fourth-order valence-corrected chi connectivity index (χ4v) is 0.715. The van der Waals surface area contributed by atoms with Crippen LogP contribution < -0.4 is 5.32 Å². The molecule has 0 aromatic rings. The number of ether oxygens (including phenoxy) is 1. The molecular formula is C6H8Cl3NO5. The molecule has 0 unspecified atom stereocenters. The summed E-state index contributed by atoms with van der Waals surface area (Å²) < 4.78 is 2.40. The van der Waals surface area contributed by atoms with Crippen LogP contribution in [0.4, 0.5) is 4.79 Å². The normalized spacial score (nSPS) is 13.1. The molecule has 0 radical (unpaired) electrons. The van der Waals surface area contributed by atoms with Gasteiger partial charge >= 0.3 is 12.1 Å². The van der Waals surface area contributed by atoms with Gasteiger partial charge in [-0.3, -0.25) is 0 Å². The lowest BCUT2D eigenvalue weighted by Gasteiger charge is -2.18. The number of hydrogen-bond donors (Lipinski definition) is 3. The number of aliphatic hydroxyl groups is 1. The molecule has 9 heteroatoms. The number of alkyl halides is 3. The van der Waals surface area contributed by atoms with Crippen molar-refractivity contribution in [1.29, 1.82) is 0 Å². The van der Waals surface area contributed by atoms with E-state index in [1.807, 2.05) is 5.32 Å². The summed E-state index contributed by atoms with van der Waals surface area (Å²) in [6.45, 7) is -0.789. The molecular weight excluding hydrogens is 272 g/mol. The lowest BCUT2D eigenvalue weighted by Crippen LogP contribution is -2.45. The van der Waals surface area contributed by atoms with Crippen LogP contribution in [0.5, 0.6) is 0 Å². The highest BCUT2D eigenvalue weighted by atomic mass is 35.5. The van der Waals surface area contributed by atoms with Gasteiger partial charge in [0.15, 0.2) is 6.04 Å². The van der Waals surface area contributed by atoms with Crippen LogP contribution in [0.25, 0.3) is 0 Å². The maximum atomic E-state index is 11.0. The maximum absolute atomic E-state index is 11.0. The molecule has 0 aliphatic heterocycles. The Kier molecular flexibility index (Phi) is 6.04. The molecule has 0 spiro atoms. The second kappa shape index (κ2) is 6.22. The highest BCUT2D eigenvalue weighted by Crippen LogP contribution is 2.23. The van der Waals surface area contributed by atoms with Crippen LogP contribution in [0, 0.1) is 0 Å². The molecule has 0 aromatic carbocycles. The first kappa shape index (κ1) is 14.6. The summed E-state index contributed by atoms with van der Waals surface area (Å²) in [7, 11) is 0. The molecule has 88 valence electrons. The lowest BCUT2D eigenvalue weighted by atomic mass is 10.3. The van der Waals surface area contributed by atoms with Crippen LogP contribution >= 0.6 is 34.8 Å². The van der Waals surface area contributed by atoms with Crippen molar-refractivity contribution in [2.75, 3.05) is 12.5 Å². The Labute approximate surface area is 100 Å². The predicted molar refractivity (Wildman–Crippen MR) is 53.3 cm³/mol. The molecule has 1 amide bonds. The van der Waals surface area contributed by atoms with Crippen LogP contribution in [0.2, 0.25) is 0 Å². The van der Waals surface area contributed by atoms with E-state index in [0.717, 1.165) is 0 Å². The van der Waals surface area contributed by atoms with Crippen LogP contribution in [-0.2, 0) is 9.53 Å². The fourth-order valence-electron chi connectivity index (χ4n) is 0.520. The minimum atomic E-state index is -1.94. The second-order valence-corrected chi connectivity index (χ2v) is 4.06. The van der Waals surface area contributed by atoms with E-state index < -0.39 is 29.2 Å². The van der Waals surface area contributed by atoms with Crippen molar-refractivity contribution in [2.24, 2.45) is 0 Å². The van der Waals surface area contributed by atoms with Gasteiger partial charge in [0, 0.05) is 0 Å². The molecule has 0 saturated carbocycles. The highest BCUT2D eigenvalue weighted by Gasteiger charge is 2.29. The van der Waals surface area contributed by atoms with Gasteiger partial charge < -0.3 is 20.3 Å². The van der Waals surface area contributed by atoms with E-state index in [4.69, 9.17) is 45.0 Å². The summed E-state index contributed by atoms with van der Waals surface area (Å²) in [5, 5.41) is 18.8. The number of carboxylic acids is 1. The number of halogens is 3. The second-order valence-electron chi connectivity index (χ2n) is 2.38. The smallest absolute Gasteiger partial charge is 0.410 e. The highest BCUT2D eigenvalue weighted by molar-refractivity contribution is 6.50. The summed E-state index contributed by atoms with van der Waals surface area (Å²) in [5.74, 6) is -1.81. The Morgan fingerprint density at radius 1 is 1.47 bits per heavy atom. The monoisotopic (exact) mass is 279 g/mol.